The first-order valence-corrected chi connectivity index (χ1v) is 11.2. The molecule has 1 aliphatic heterocycles. The minimum atomic E-state index is 0.0559. The number of aromatic nitrogens is 1. The SMILES string of the molecule is COc1ccc([C@H](CNC(=O)Cc2c(C)nc3ccccc3c2C)[NH+]2CCCC2)cc1. The zero-order valence-corrected chi connectivity index (χ0v) is 18.7. The van der Waals surface area contributed by atoms with Crippen LogP contribution in [0.3, 0.4) is 0 Å². The van der Waals surface area contributed by atoms with Crippen molar-refractivity contribution in [3.8, 4) is 5.75 Å². The quantitative estimate of drug-likeness (QED) is 0.620. The summed E-state index contributed by atoms with van der Waals surface area (Å²) in [6.45, 7) is 7.03. The number of methoxy groups -OCH3 is 1. The maximum Gasteiger partial charge on any atom is 0.224 e. The molecule has 5 heteroatoms. The molecule has 162 valence electrons. The van der Waals surface area contributed by atoms with Crippen LogP contribution in [0.25, 0.3) is 10.9 Å². The number of hydrogen-bond donors (Lipinski definition) is 2. The number of nitrogens with zero attached hydrogens (tertiary/aromatic N) is 1. The van der Waals surface area contributed by atoms with Crippen LogP contribution in [0, 0.1) is 13.8 Å². The Morgan fingerprint density at radius 1 is 1.10 bits per heavy atom. The van der Waals surface area contributed by atoms with Crippen LogP contribution in [0.5, 0.6) is 5.75 Å². The Bertz CT molecular complexity index is 1060. The van der Waals surface area contributed by atoms with Crippen LogP contribution in [0.4, 0.5) is 0 Å². The molecule has 0 spiro atoms. The van der Waals surface area contributed by atoms with Crippen LogP contribution in [0.2, 0.25) is 0 Å². The number of rotatable bonds is 7. The molecule has 1 aliphatic rings. The Kier molecular flexibility index (Phi) is 6.52. The molecule has 31 heavy (non-hydrogen) atoms. The largest absolute Gasteiger partial charge is 0.497 e. The normalized spacial score (nSPS) is 15.2. The van der Waals surface area contributed by atoms with Gasteiger partial charge in [-0.1, -0.05) is 18.2 Å². The number of fused-ring (bicyclic) bond motifs is 1. The van der Waals surface area contributed by atoms with E-state index in [0.29, 0.717) is 13.0 Å². The van der Waals surface area contributed by atoms with Crippen molar-refractivity contribution < 1.29 is 14.4 Å². The molecule has 2 N–H and O–H groups in total. The van der Waals surface area contributed by atoms with E-state index in [-0.39, 0.29) is 11.9 Å². The van der Waals surface area contributed by atoms with Crippen LogP contribution in [-0.2, 0) is 11.2 Å². The highest BCUT2D eigenvalue weighted by Gasteiger charge is 2.28. The number of amides is 1. The predicted octanol–water partition coefficient (Wildman–Crippen LogP) is 2.94. The molecule has 5 nitrogen and oxygen atoms in total. The first-order chi connectivity index (χ1) is 15.1. The van der Waals surface area contributed by atoms with Gasteiger partial charge in [0.1, 0.15) is 11.8 Å². The second-order valence-electron chi connectivity index (χ2n) is 8.49. The van der Waals surface area contributed by atoms with Gasteiger partial charge >= 0.3 is 0 Å². The summed E-state index contributed by atoms with van der Waals surface area (Å²) in [6, 6.07) is 16.7. The van der Waals surface area contributed by atoms with Gasteiger partial charge in [-0.15, -0.1) is 0 Å². The second kappa shape index (κ2) is 9.48. The molecule has 0 bridgehead atoms. The molecule has 3 aromatic rings. The number of benzene rings is 2. The lowest BCUT2D eigenvalue weighted by atomic mass is 9.99. The molecule has 0 unspecified atom stereocenters. The maximum absolute atomic E-state index is 12.9. The Labute approximate surface area is 184 Å². The number of para-hydroxylation sites is 1. The van der Waals surface area contributed by atoms with E-state index in [1.54, 1.807) is 12.0 Å². The number of pyridine rings is 1. The Morgan fingerprint density at radius 3 is 2.52 bits per heavy atom. The van der Waals surface area contributed by atoms with Gasteiger partial charge in [-0.05, 0) is 55.3 Å². The fourth-order valence-corrected chi connectivity index (χ4v) is 4.78. The minimum absolute atomic E-state index is 0.0559. The first-order valence-electron chi connectivity index (χ1n) is 11.2. The molecule has 1 fully saturated rings. The van der Waals surface area contributed by atoms with Crippen LogP contribution in [0.15, 0.2) is 48.5 Å². The first kappa shape index (κ1) is 21.3. The predicted molar refractivity (Wildman–Crippen MR) is 124 cm³/mol. The zero-order valence-electron chi connectivity index (χ0n) is 18.7. The van der Waals surface area contributed by atoms with E-state index in [1.165, 1.54) is 18.4 Å². The van der Waals surface area contributed by atoms with Crippen molar-refractivity contribution in [3.05, 3.63) is 70.9 Å². The molecular weight excluding hydrogens is 386 g/mol. The average molecular weight is 419 g/mol. The minimum Gasteiger partial charge on any atom is -0.497 e. The number of aryl methyl sites for hydroxylation is 2. The summed E-state index contributed by atoms with van der Waals surface area (Å²) < 4.78 is 5.31. The molecule has 1 saturated heterocycles. The number of carbonyl (C=O) groups excluding carboxylic acids is 1. The number of quaternary nitrogens is 1. The summed E-state index contributed by atoms with van der Waals surface area (Å²) in [5.74, 6) is 0.915. The second-order valence-corrected chi connectivity index (χ2v) is 8.49. The molecular formula is C26H32N3O2+. The summed E-state index contributed by atoms with van der Waals surface area (Å²) in [4.78, 5) is 19.2. The third-order valence-corrected chi connectivity index (χ3v) is 6.58. The van der Waals surface area contributed by atoms with Crippen molar-refractivity contribution in [2.24, 2.45) is 0 Å². The fraction of sp³-hybridized carbons (Fsp3) is 0.385. The zero-order chi connectivity index (χ0) is 21.8. The number of ether oxygens (including phenoxy) is 1. The lowest BCUT2D eigenvalue weighted by Crippen LogP contribution is -3.11. The van der Waals surface area contributed by atoms with E-state index in [4.69, 9.17) is 9.72 Å². The van der Waals surface area contributed by atoms with Gasteiger partial charge in [-0.25, -0.2) is 0 Å². The highest BCUT2D eigenvalue weighted by Crippen LogP contribution is 2.23. The highest BCUT2D eigenvalue weighted by molar-refractivity contribution is 5.86. The Hall–Kier alpha value is -2.92. The molecule has 4 rings (SSSR count). The van der Waals surface area contributed by atoms with Crippen LogP contribution in [0.1, 0.15) is 41.3 Å². The highest BCUT2D eigenvalue weighted by atomic mass is 16.5. The van der Waals surface area contributed by atoms with Gasteiger partial charge in [0, 0.05) is 29.5 Å². The van der Waals surface area contributed by atoms with Crippen molar-refractivity contribution in [1.29, 1.82) is 0 Å². The third-order valence-electron chi connectivity index (χ3n) is 6.58. The molecule has 0 radical (unpaired) electrons. The third kappa shape index (κ3) is 4.72. The fourth-order valence-electron chi connectivity index (χ4n) is 4.78. The summed E-state index contributed by atoms with van der Waals surface area (Å²) in [5, 5.41) is 4.34. The molecule has 1 aromatic heterocycles. The molecule has 2 aromatic carbocycles. The number of hydrogen-bond acceptors (Lipinski definition) is 3. The number of likely N-dealkylation sites (tertiary alicyclic amines) is 1. The smallest absolute Gasteiger partial charge is 0.224 e. The van der Waals surface area contributed by atoms with Crippen molar-refractivity contribution in [1.82, 2.24) is 10.3 Å². The summed E-state index contributed by atoms with van der Waals surface area (Å²) >= 11 is 0. The van der Waals surface area contributed by atoms with Crippen LogP contribution < -0.4 is 15.0 Å². The number of nitrogens with one attached hydrogen (secondary N) is 2. The summed E-state index contributed by atoms with van der Waals surface area (Å²) in [5.41, 5.74) is 5.35. The van der Waals surface area contributed by atoms with Gasteiger partial charge in [0.05, 0.1) is 38.7 Å². The van der Waals surface area contributed by atoms with E-state index in [2.05, 4.69) is 30.4 Å². The molecule has 1 amide bonds. The number of carbonyl (C=O) groups is 1. The standard InChI is InChI=1S/C26H31N3O2/c1-18-22-8-4-5-9-24(22)28-19(2)23(18)16-26(30)27-17-25(29-14-6-7-15-29)20-10-12-21(31-3)13-11-20/h4-5,8-13,25H,6-7,14-17H2,1-3H3,(H,27,30)/p+1/t25-/m0/s1. The van der Waals surface area contributed by atoms with Crippen LogP contribution in [-0.4, -0.2) is 37.6 Å². The topological polar surface area (TPSA) is 55.7 Å². The van der Waals surface area contributed by atoms with E-state index in [1.807, 2.05) is 37.3 Å². The van der Waals surface area contributed by atoms with E-state index in [0.717, 1.165) is 46.6 Å². The van der Waals surface area contributed by atoms with Gasteiger partial charge in [-0.2, -0.15) is 0 Å². The maximum atomic E-state index is 12.9. The van der Waals surface area contributed by atoms with Gasteiger partial charge in [-0.3, -0.25) is 9.78 Å². The lowest BCUT2D eigenvalue weighted by Gasteiger charge is -2.25. The van der Waals surface area contributed by atoms with Crippen molar-refractivity contribution >= 4 is 16.8 Å². The van der Waals surface area contributed by atoms with Gasteiger partial charge in [0.15, 0.2) is 0 Å². The molecule has 1 atom stereocenters. The van der Waals surface area contributed by atoms with Gasteiger partial charge in [0.2, 0.25) is 5.91 Å². The van der Waals surface area contributed by atoms with E-state index >= 15 is 0 Å². The molecule has 0 saturated carbocycles. The van der Waals surface area contributed by atoms with Crippen LogP contribution >= 0.6 is 0 Å². The van der Waals surface area contributed by atoms with E-state index < -0.39 is 0 Å². The summed E-state index contributed by atoms with van der Waals surface area (Å²) in [7, 11) is 1.68. The Morgan fingerprint density at radius 2 is 1.81 bits per heavy atom. The Balaban J connectivity index is 1.48. The monoisotopic (exact) mass is 418 g/mol. The lowest BCUT2D eigenvalue weighted by molar-refractivity contribution is -0.918. The van der Waals surface area contributed by atoms with Crippen molar-refractivity contribution in [2.75, 3.05) is 26.7 Å². The molecule has 2 heterocycles. The average Bonchev–Trinajstić information content (AvgIpc) is 3.32. The van der Waals surface area contributed by atoms with Crippen molar-refractivity contribution in [3.63, 3.8) is 0 Å². The van der Waals surface area contributed by atoms with Crippen molar-refractivity contribution in [2.45, 2.75) is 39.2 Å². The van der Waals surface area contributed by atoms with E-state index in [9.17, 15) is 4.79 Å². The molecule has 0 aliphatic carbocycles. The van der Waals surface area contributed by atoms with Gasteiger partial charge in [0.25, 0.3) is 0 Å². The summed E-state index contributed by atoms with van der Waals surface area (Å²) in [6.07, 6.45) is 2.86. The van der Waals surface area contributed by atoms with Gasteiger partial charge < -0.3 is 15.0 Å².